The van der Waals surface area contributed by atoms with Gasteiger partial charge in [-0.25, -0.2) is 0 Å². The van der Waals surface area contributed by atoms with E-state index in [1.54, 1.807) is 0 Å². The molecule has 3 nitrogen and oxygen atoms in total. The molecule has 0 saturated carbocycles. The van der Waals surface area contributed by atoms with Crippen molar-refractivity contribution in [1.82, 2.24) is 10.3 Å². The van der Waals surface area contributed by atoms with E-state index in [4.69, 9.17) is 4.74 Å². The summed E-state index contributed by atoms with van der Waals surface area (Å²) < 4.78 is 5.39. The van der Waals surface area contributed by atoms with E-state index in [-0.39, 0.29) is 5.54 Å². The second-order valence-electron chi connectivity index (χ2n) is 4.78. The standard InChI is InChI=1S/C13H14N2O/c1-2-4-11-9(3-1)10-5-6-14-13(7-16-8-13)12(10)15-11/h1-4,14-15H,5-8H2. The van der Waals surface area contributed by atoms with Gasteiger partial charge in [-0.1, -0.05) is 18.2 Å². The van der Waals surface area contributed by atoms with Crippen molar-refractivity contribution in [1.29, 1.82) is 0 Å². The van der Waals surface area contributed by atoms with E-state index in [1.165, 1.54) is 22.2 Å². The summed E-state index contributed by atoms with van der Waals surface area (Å²) in [5.41, 5.74) is 4.17. The van der Waals surface area contributed by atoms with Crippen LogP contribution in [0.2, 0.25) is 0 Å². The number of hydrogen-bond acceptors (Lipinski definition) is 2. The molecule has 16 heavy (non-hydrogen) atoms. The number of benzene rings is 1. The summed E-state index contributed by atoms with van der Waals surface area (Å²) in [6.45, 7) is 2.65. The number of nitrogens with one attached hydrogen (secondary N) is 2. The summed E-state index contributed by atoms with van der Waals surface area (Å²) >= 11 is 0. The fourth-order valence-electron chi connectivity index (χ4n) is 2.94. The number of H-pyrrole nitrogens is 1. The number of ether oxygens (including phenoxy) is 1. The Morgan fingerprint density at radius 2 is 2.06 bits per heavy atom. The molecular formula is C13H14N2O. The van der Waals surface area contributed by atoms with E-state index in [0.717, 1.165) is 26.2 Å². The number of aromatic nitrogens is 1. The average Bonchev–Trinajstić information content (AvgIpc) is 2.65. The maximum atomic E-state index is 5.39. The number of fused-ring (bicyclic) bond motifs is 4. The molecule has 0 aliphatic carbocycles. The van der Waals surface area contributed by atoms with Crippen LogP contribution in [0.4, 0.5) is 0 Å². The van der Waals surface area contributed by atoms with E-state index in [1.807, 2.05) is 0 Å². The lowest BCUT2D eigenvalue weighted by atomic mass is 9.85. The van der Waals surface area contributed by atoms with Crippen LogP contribution in [0.3, 0.4) is 0 Å². The summed E-state index contributed by atoms with van der Waals surface area (Å²) in [4.78, 5) is 3.57. The van der Waals surface area contributed by atoms with Crippen LogP contribution >= 0.6 is 0 Å². The van der Waals surface area contributed by atoms with E-state index in [0.29, 0.717) is 0 Å². The molecule has 3 heterocycles. The molecule has 1 aromatic carbocycles. The first-order valence-corrected chi connectivity index (χ1v) is 5.82. The molecule has 3 heteroatoms. The van der Waals surface area contributed by atoms with E-state index in [2.05, 4.69) is 34.6 Å². The van der Waals surface area contributed by atoms with E-state index >= 15 is 0 Å². The minimum atomic E-state index is 0.0760. The minimum absolute atomic E-state index is 0.0760. The Morgan fingerprint density at radius 1 is 1.19 bits per heavy atom. The Bertz CT molecular complexity index is 554. The van der Waals surface area contributed by atoms with Crippen LogP contribution in [0.15, 0.2) is 24.3 Å². The molecule has 0 atom stereocenters. The molecule has 1 aromatic heterocycles. The number of rotatable bonds is 0. The largest absolute Gasteiger partial charge is 0.377 e. The summed E-state index contributed by atoms with van der Waals surface area (Å²) in [7, 11) is 0. The van der Waals surface area contributed by atoms with Crippen LogP contribution in [0, 0.1) is 0 Å². The highest BCUT2D eigenvalue weighted by Crippen LogP contribution is 2.37. The Morgan fingerprint density at radius 3 is 2.88 bits per heavy atom. The second kappa shape index (κ2) is 2.87. The van der Waals surface area contributed by atoms with Crippen molar-refractivity contribution < 1.29 is 4.74 Å². The number of hydrogen-bond donors (Lipinski definition) is 2. The number of aromatic amines is 1. The Balaban J connectivity index is 2.01. The molecule has 2 N–H and O–H groups in total. The predicted octanol–water partition coefficient (Wildman–Crippen LogP) is 1.54. The fraction of sp³-hybridized carbons (Fsp3) is 0.385. The molecule has 1 saturated heterocycles. The SMILES string of the molecule is c1ccc2c3c([nH]c2c1)C1(COC1)NCC3. The van der Waals surface area contributed by atoms with Gasteiger partial charge in [-0.05, 0) is 18.1 Å². The first kappa shape index (κ1) is 8.79. The van der Waals surface area contributed by atoms with Crippen LogP contribution < -0.4 is 5.32 Å². The lowest BCUT2D eigenvalue weighted by molar-refractivity contribution is -0.0832. The quantitative estimate of drug-likeness (QED) is 0.698. The van der Waals surface area contributed by atoms with Gasteiger partial charge in [-0.15, -0.1) is 0 Å². The molecule has 0 radical (unpaired) electrons. The summed E-state index contributed by atoms with van der Waals surface area (Å²) in [5.74, 6) is 0. The van der Waals surface area contributed by atoms with E-state index in [9.17, 15) is 0 Å². The van der Waals surface area contributed by atoms with Crippen LogP contribution in [0.1, 0.15) is 11.3 Å². The lowest BCUT2D eigenvalue weighted by Crippen LogP contribution is -2.60. The molecule has 0 amide bonds. The van der Waals surface area contributed by atoms with Gasteiger partial charge in [0.1, 0.15) is 5.54 Å². The normalized spacial score (nSPS) is 22.0. The molecule has 4 rings (SSSR count). The topological polar surface area (TPSA) is 37.0 Å². The highest BCUT2D eigenvalue weighted by atomic mass is 16.5. The third kappa shape index (κ3) is 0.950. The van der Waals surface area contributed by atoms with Crippen molar-refractivity contribution in [2.45, 2.75) is 12.0 Å². The van der Waals surface area contributed by atoms with Gasteiger partial charge in [0, 0.05) is 23.1 Å². The molecule has 1 fully saturated rings. The third-order valence-corrected chi connectivity index (χ3v) is 3.83. The van der Waals surface area contributed by atoms with Crippen molar-refractivity contribution in [3.8, 4) is 0 Å². The van der Waals surface area contributed by atoms with E-state index < -0.39 is 0 Å². The first-order valence-electron chi connectivity index (χ1n) is 5.82. The maximum absolute atomic E-state index is 5.39. The monoisotopic (exact) mass is 214 g/mol. The predicted molar refractivity (Wildman–Crippen MR) is 62.5 cm³/mol. The van der Waals surface area contributed by atoms with Gasteiger partial charge in [0.25, 0.3) is 0 Å². The van der Waals surface area contributed by atoms with Gasteiger partial charge in [0.2, 0.25) is 0 Å². The molecule has 2 aliphatic rings. The lowest BCUT2D eigenvalue weighted by Gasteiger charge is -2.44. The van der Waals surface area contributed by atoms with Gasteiger partial charge in [-0.3, -0.25) is 0 Å². The fourth-order valence-corrected chi connectivity index (χ4v) is 2.94. The van der Waals surface area contributed by atoms with Crippen LogP contribution in [0.5, 0.6) is 0 Å². The summed E-state index contributed by atoms with van der Waals surface area (Å²) in [5, 5.41) is 4.97. The smallest absolute Gasteiger partial charge is 0.106 e. The zero-order valence-corrected chi connectivity index (χ0v) is 9.05. The van der Waals surface area contributed by atoms with Gasteiger partial charge in [-0.2, -0.15) is 0 Å². The molecule has 1 spiro atoms. The zero-order valence-electron chi connectivity index (χ0n) is 9.05. The molecule has 0 unspecified atom stereocenters. The Hall–Kier alpha value is -1.32. The summed E-state index contributed by atoms with van der Waals surface area (Å²) in [6.07, 6.45) is 1.11. The van der Waals surface area contributed by atoms with Gasteiger partial charge in [0.05, 0.1) is 13.2 Å². The summed E-state index contributed by atoms with van der Waals surface area (Å²) in [6, 6.07) is 8.56. The molecule has 0 bridgehead atoms. The van der Waals surface area contributed by atoms with Gasteiger partial charge >= 0.3 is 0 Å². The van der Waals surface area contributed by atoms with Crippen molar-refractivity contribution in [2.24, 2.45) is 0 Å². The minimum Gasteiger partial charge on any atom is -0.377 e. The molecular weight excluding hydrogens is 200 g/mol. The highest BCUT2D eigenvalue weighted by molar-refractivity contribution is 5.85. The first-order chi connectivity index (χ1) is 7.89. The molecule has 2 aliphatic heterocycles. The van der Waals surface area contributed by atoms with Gasteiger partial charge in [0.15, 0.2) is 0 Å². The van der Waals surface area contributed by atoms with Gasteiger partial charge < -0.3 is 15.0 Å². The Kier molecular flexibility index (Phi) is 1.58. The average molecular weight is 214 g/mol. The van der Waals surface area contributed by atoms with Crippen molar-refractivity contribution in [3.05, 3.63) is 35.5 Å². The molecule has 82 valence electrons. The van der Waals surface area contributed by atoms with Crippen LogP contribution in [-0.2, 0) is 16.7 Å². The second-order valence-corrected chi connectivity index (χ2v) is 4.78. The third-order valence-electron chi connectivity index (χ3n) is 3.83. The van der Waals surface area contributed by atoms with Crippen molar-refractivity contribution in [2.75, 3.05) is 19.8 Å². The Labute approximate surface area is 93.8 Å². The maximum Gasteiger partial charge on any atom is 0.106 e. The highest BCUT2D eigenvalue weighted by Gasteiger charge is 2.44. The number of para-hydroxylation sites is 1. The molecule has 2 aromatic rings. The van der Waals surface area contributed by atoms with Crippen LogP contribution in [-0.4, -0.2) is 24.7 Å². The zero-order chi connectivity index (χ0) is 10.6. The van der Waals surface area contributed by atoms with Crippen LogP contribution in [0.25, 0.3) is 10.9 Å². The van der Waals surface area contributed by atoms with Crippen molar-refractivity contribution in [3.63, 3.8) is 0 Å². The van der Waals surface area contributed by atoms with Crippen molar-refractivity contribution >= 4 is 10.9 Å².